The Morgan fingerprint density at radius 3 is 3.05 bits per heavy atom. The number of anilines is 2. The van der Waals surface area contributed by atoms with Gasteiger partial charge >= 0.3 is 0 Å². The Labute approximate surface area is 116 Å². The van der Waals surface area contributed by atoms with E-state index in [0.29, 0.717) is 35.8 Å². The number of rotatable bonds is 5. The predicted octanol–water partition coefficient (Wildman–Crippen LogP) is 1.07. The highest BCUT2D eigenvalue weighted by Crippen LogP contribution is 2.13. The van der Waals surface area contributed by atoms with E-state index in [1.54, 1.807) is 37.2 Å². The predicted molar refractivity (Wildman–Crippen MR) is 75.4 cm³/mol. The zero-order chi connectivity index (χ0) is 14.5. The van der Waals surface area contributed by atoms with Gasteiger partial charge in [-0.1, -0.05) is 0 Å². The van der Waals surface area contributed by atoms with E-state index in [1.807, 2.05) is 0 Å². The third-order valence-corrected chi connectivity index (χ3v) is 2.77. The van der Waals surface area contributed by atoms with E-state index in [1.165, 1.54) is 6.20 Å². The van der Waals surface area contributed by atoms with Gasteiger partial charge in [-0.2, -0.15) is 5.10 Å². The van der Waals surface area contributed by atoms with Crippen LogP contribution in [0.4, 0.5) is 11.4 Å². The minimum absolute atomic E-state index is 0.256. The van der Waals surface area contributed by atoms with Crippen LogP contribution in [0.1, 0.15) is 16.1 Å². The lowest BCUT2D eigenvalue weighted by molar-refractivity contribution is 0.102. The van der Waals surface area contributed by atoms with Crippen molar-refractivity contribution in [1.29, 1.82) is 0 Å². The number of amides is 1. The summed E-state index contributed by atoms with van der Waals surface area (Å²) in [5.41, 5.74) is 7.80. The van der Waals surface area contributed by atoms with Crippen molar-refractivity contribution in [3.8, 4) is 0 Å². The van der Waals surface area contributed by atoms with Gasteiger partial charge < -0.3 is 15.8 Å². The molecule has 2 heterocycles. The zero-order valence-electron chi connectivity index (χ0n) is 11.5. The molecule has 0 unspecified atom stereocenters. The molecule has 0 aliphatic heterocycles. The van der Waals surface area contributed by atoms with E-state index >= 15 is 0 Å². The Kier molecular flexibility index (Phi) is 4.31. The van der Waals surface area contributed by atoms with Crippen molar-refractivity contribution in [2.75, 3.05) is 24.8 Å². The van der Waals surface area contributed by atoms with Gasteiger partial charge in [0.05, 0.1) is 48.2 Å². The van der Waals surface area contributed by atoms with Gasteiger partial charge in [0.2, 0.25) is 0 Å². The van der Waals surface area contributed by atoms with E-state index < -0.39 is 0 Å². The van der Waals surface area contributed by atoms with Gasteiger partial charge in [-0.15, -0.1) is 0 Å². The maximum absolute atomic E-state index is 12.1. The summed E-state index contributed by atoms with van der Waals surface area (Å²) in [6.45, 7) is 2.95. The Bertz CT molecular complexity index is 609. The fourth-order valence-corrected chi connectivity index (χ4v) is 1.71. The molecule has 0 saturated heterocycles. The molecule has 0 spiro atoms. The van der Waals surface area contributed by atoms with Crippen LogP contribution in [-0.4, -0.2) is 34.4 Å². The molecule has 0 atom stereocenters. The summed E-state index contributed by atoms with van der Waals surface area (Å²) < 4.78 is 6.66. The first-order valence-corrected chi connectivity index (χ1v) is 6.15. The van der Waals surface area contributed by atoms with E-state index in [-0.39, 0.29) is 5.91 Å². The van der Waals surface area contributed by atoms with E-state index in [9.17, 15) is 4.79 Å². The van der Waals surface area contributed by atoms with Crippen molar-refractivity contribution >= 4 is 17.3 Å². The van der Waals surface area contributed by atoms with Crippen LogP contribution in [-0.2, 0) is 11.3 Å². The summed E-state index contributed by atoms with van der Waals surface area (Å²) in [6.07, 6.45) is 4.85. The number of hydrogen-bond donors (Lipinski definition) is 2. The molecule has 7 nitrogen and oxygen atoms in total. The Morgan fingerprint density at radius 2 is 2.30 bits per heavy atom. The first-order valence-electron chi connectivity index (χ1n) is 6.15. The second-order valence-corrected chi connectivity index (χ2v) is 4.34. The normalized spacial score (nSPS) is 10.5. The molecule has 0 aliphatic carbocycles. The first-order chi connectivity index (χ1) is 9.60. The third-order valence-electron chi connectivity index (χ3n) is 2.77. The van der Waals surface area contributed by atoms with Crippen molar-refractivity contribution in [2.24, 2.45) is 0 Å². The number of aryl methyl sites for hydroxylation is 1. The maximum atomic E-state index is 12.1. The molecule has 0 radical (unpaired) electrons. The van der Waals surface area contributed by atoms with Crippen LogP contribution in [0.5, 0.6) is 0 Å². The van der Waals surface area contributed by atoms with Crippen LogP contribution < -0.4 is 11.1 Å². The first kappa shape index (κ1) is 14.0. The minimum atomic E-state index is -0.256. The summed E-state index contributed by atoms with van der Waals surface area (Å²) in [5, 5.41) is 6.89. The number of ether oxygens (including phenoxy) is 1. The van der Waals surface area contributed by atoms with Gasteiger partial charge in [0.1, 0.15) is 0 Å². The third kappa shape index (κ3) is 3.33. The molecule has 2 aromatic rings. The zero-order valence-corrected chi connectivity index (χ0v) is 11.5. The lowest BCUT2D eigenvalue weighted by Gasteiger charge is -2.06. The maximum Gasteiger partial charge on any atom is 0.257 e. The Hall–Kier alpha value is -2.41. The lowest BCUT2D eigenvalue weighted by Crippen LogP contribution is -2.14. The molecule has 0 bridgehead atoms. The van der Waals surface area contributed by atoms with Crippen LogP contribution in [0.3, 0.4) is 0 Å². The number of aromatic nitrogens is 3. The molecule has 1 amide bonds. The van der Waals surface area contributed by atoms with Gasteiger partial charge in [-0.05, 0) is 13.0 Å². The molecule has 3 N–H and O–H groups in total. The van der Waals surface area contributed by atoms with E-state index in [2.05, 4.69) is 15.4 Å². The van der Waals surface area contributed by atoms with Gasteiger partial charge in [-0.25, -0.2) is 0 Å². The topological polar surface area (TPSA) is 95.1 Å². The number of methoxy groups -OCH3 is 1. The molecule has 20 heavy (non-hydrogen) atoms. The van der Waals surface area contributed by atoms with Crippen LogP contribution in [0.2, 0.25) is 0 Å². The van der Waals surface area contributed by atoms with Crippen LogP contribution in [0, 0.1) is 6.92 Å². The summed E-state index contributed by atoms with van der Waals surface area (Å²) in [5.74, 6) is -0.256. The van der Waals surface area contributed by atoms with Crippen molar-refractivity contribution in [3.63, 3.8) is 0 Å². The van der Waals surface area contributed by atoms with Gasteiger partial charge in [-0.3, -0.25) is 14.5 Å². The summed E-state index contributed by atoms with van der Waals surface area (Å²) in [7, 11) is 1.63. The highest BCUT2D eigenvalue weighted by atomic mass is 16.5. The van der Waals surface area contributed by atoms with Gasteiger partial charge in [0.25, 0.3) is 5.91 Å². The van der Waals surface area contributed by atoms with E-state index in [4.69, 9.17) is 10.5 Å². The SMILES string of the molecule is COCCn1cc(NC(=O)c2cc(N)cnc2C)cn1. The summed E-state index contributed by atoms with van der Waals surface area (Å²) in [4.78, 5) is 16.2. The Balaban J connectivity index is 2.07. The number of nitrogen functional groups attached to an aromatic ring is 1. The van der Waals surface area contributed by atoms with E-state index in [0.717, 1.165) is 0 Å². The monoisotopic (exact) mass is 275 g/mol. The molecule has 0 aliphatic rings. The number of pyridine rings is 1. The smallest absolute Gasteiger partial charge is 0.257 e. The molecule has 2 aromatic heterocycles. The van der Waals surface area contributed by atoms with Gasteiger partial charge in [0.15, 0.2) is 0 Å². The second kappa shape index (κ2) is 6.16. The highest BCUT2D eigenvalue weighted by molar-refractivity contribution is 6.05. The molecule has 0 fully saturated rings. The minimum Gasteiger partial charge on any atom is -0.397 e. The molecule has 0 aromatic carbocycles. The van der Waals surface area contributed by atoms with Crippen LogP contribution in [0.25, 0.3) is 0 Å². The number of carbonyl (C=O) groups excluding carboxylic acids is 1. The number of nitrogens with two attached hydrogens (primary N) is 1. The van der Waals surface area contributed by atoms with Crippen molar-refractivity contribution in [2.45, 2.75) is 13.5 Å². The molecular weight excluding hydrogens is 258 g/mol. The number of nitrogens with zero attached hydrogens (tertiary/aromatic N) is 3. The fraction of sp³-hybridized carbons (Fsp3) is 0.308. The molecule has 7 heteroatoms. The number of nitrogens with one attached hydrogen (secondary N) is 1. The quantitative estimate of drug-likeness (QED) is 0.851. The van der Waals surface area contributed by atoms with Crippen molar-refractivity contribution in [3.05, 3.63) is 35.9 Å². The van der Waals surface area contributed by atoms with Crippen LogP contribution in [0.15, 0.2) is 24.7 Å². The van der Waals surface area contributed by atoms with Gasteiger partial charge in [0, 0.05) is 13.3 Å². The summed E-state index contributed by atoms with van der Waals surface area (Å²) >= 11 is 0. The van der Waals surface area contributed by atoms with Crippen LogP contribution >= 0.6 is 0 Å². The molecule has 2 rings (SSSR count). The largest absolute Gasteiger partial charge is 0.397 e. The lowest BCUT2D eigenvalue weighted by atomic mass is 10.2. The molecule has 106 valence electrons. The highest BCUT2D eigenvalue weighted by Gasteiger charge is 2.11. The number of hydrogen-bond acceptors (Lipinski definition) is 5. The summed E-state index contributed by atoms with van der Waals surface area (Å²) in [6, 6.07) is 1.60. The van der Waals surface area contributed by atoms with Crippen molar-refractivity contribution < 1.29 is 9.53 Å². The average molecular weight is 275 g/mol. The fourth-order valence-electron chi connectivity index (χ4n) is 1.71. The standard InChI is InChI=1S/C13H17N5O2/c1-9-12(5-10(14)6-15-9)13(19)17-11-7-16-18(8-11)3-4-20-2/h5-8H,3-4,14H2,1-2H3,(H,17,19). The Morgan fingerprint density at radius 1 is 1.50 bits per heavy atom. The second-order valence-electron chi connectivity index (χ2n) is 4.34. The van der Waals surface area contributed by atoms with Crippen molar-refractivity contribution in [1.82, 2.24) is 14.8 Å². The molecular formula is C13H17N5O2. The molecule has 0 saturated carbocycles. The average Bonchev–Trinajstić information content (AvgIpc) is 2.86. The number of carbonyl (C=O) groups is 1.